The van der Waals surface area contributed by atoms with E-state index in [0.29, 0.717) is 34.7 Å². The summed E-state index contributed by atoms with van der Waals surface area (Å²) >= 11 is 0. The summed E-state index contributed by atoms with van der Waals surface area (Å²) in [6, 6.07) is 19.1. The van der Waals surface area contributed by atoms with E-state index in [9.17, 15) is 22.8 Å². The van der Waals surface area contributed by atoms with Gasteiger partial charge in [-0.2, -0.15) is 13.2 Å². The molecule has 3 aromatic rings. The Morgan fingerprint density at radius 1 is 0.921 bits per heavy atom. The normalized spacial score (nSPS) is 13.9. The largest absolute Gasteiger partial charge is 0.416 e. The Balaban J connectivity index is 0.00000127. The van der Waals surface area contributed by atoms with Crippen molar-refractivity contribution in [1.82, 2.24) is 0 Å². The highest BCUT2D eigenvalue weighted by Gasteiger charge is 2.30. The van der Waals surface area contributed by atoms with Crippen LogP contribution in [-0.2, 0) is 11.0 Å². The van der Waals surface area contributed by atoms with E-state index < -0.39 is 11.7 Å². The Morgan fingerprint density at radius 2 is 1.50 bits per heavy atom. The van der Waals surface area contributed by atoms with Crippen LogP contribution in [0.2, 0.25) is 0 Å². The van der Waals surface area contributed by atoms with Crippen molar-refractivity contribution in [1.29, 1.82) is 0 Å². The Bertz CT molecular complexity index is 1200. The lowest BCUT2D eigenvalue weighted by Crippen LogP contribution is -2.35. The van der Waals surface area contributed by atoms with Gasteiger partial charge in [0.25, 0.3) is 5.91 Å². The molecule has 8 heteroatoms. The molecule has 1 aliphatic heterocycles. The monoisotopic (exact) mass is 525 g/mol. The molecule has 0 atom stereocenters. The number of piperidine rings is 1. The fraction of sp³-hybridized carbons (Fsp3) is 0.333. The molecule has 4 rings (SSSR count). The van der Waals surface area contributed by atoms with Gasteiger partial charge in [0, 0.05) is 36.4 Å². The molecule has 0 spiro atoms. The lowest BCUT2D eigenvalue weighted by Gasteiger charge is -2.33. The molecule has 0 aromatic heterocycles. The number of anilines is 2. The molecule has 3 N–H and O–H groups in total. The number of halogens is 3. The zero-order valence-electron chi connectivity index (χ0n) is 21.7. The Hall–Kier alpha value is -3.81. The van der Waals surface area contributed by atoms with E-state index >= 15 is 0 Å². The van der Waals surface area contributed by atoms with Crippen molar-refractivity contribution in [2.75, 3.05) is 23.3 Å². The number of benzene rings is 3. The number of carbonyl (C=O) groups excluding carboxylic acids is 2. The highest BCUT2D eigenvalue weighted by atomic mass is 19.4. The van der Waals surface area contributed by atoms with Gasteiger partial charge >= 0.3 is 6.18 Å². The van der Waals surface area contributed by atoms with Crippen LogP contribution < -0.4 is 16.0 Å². The van der Waals surface area contributed by atoms with E-state index in [1.54, 1.807) is 24.3 Å². The number of nitrogens with zero attached hydrogens (tertiary/aromatic N) is 1. The molecule has 0 aliphatic carbocycles. The van der Waals surface area contributed by atoms with Gasteiger partial charge in [-0.25, -0.2) is 0 Å². The van der Waals surface area contributed by atoms with E-state index in [1.165, 1.54) is 18.6 Å². The molecule has 0 unspecified atom stereocenters. The number of carbonyl (C=O) groups is 2. The van der Waals surface area contributed by atoms with E-state index in [-0.39, 0.29) is 11.8 Å². The third-order valence-electron chi connectivity index (χ3n) is 6.29. The van der Waals surface area contributed by atoms with E-state index in [0.717, 1.165) is 43.8 Å². The van der Waals surface area contributed by atoms with Crippen molar-refractivity contribution in [2.45, 2.75) is 45.7 Å². The van der Waals surface area contributed by atoms with E-state index in [2.05, 4.69) is 24.1 Å². The molecule has 1 saturated heterocycles. The number of alkyl halides is 3. The first-order valence-corrected chi connectivity index (χ1v) is 12.8. The van der Waals surface area contributed by atoms with Gasteiger partial charge in [0.2, 0.25) is 5.91 Å². The van der Waals surface area contributed by atoms with Gasteiger partial charge in [-0.15, -0.1) is 0 Å². The molecule has 0 saturated carbocycles. The minimum absolute atomic E-state index is 0.261. The minimum Gasteiger partial charge on any atom is -0.372 e. The number of rotatable bonds is 6. The average molecular weight is 526 g/mol. The number of primary amides is 1. The topological polar surface area (TPSA) is 75.4 Å². The second kappa shape index (κ2) is 13.1. The van der Waals surface area contributed by atoms with Crippen molar-refractivity contribution in [3.05, 3.63) is 83.9 Å². The summed E-state index contributed by atoms with van der Waals surface area (Å²) in [6.07, 6.45) is -0.932. The number of hydrogen-bond acceptors (Lipinski definition) is 3. The van der Waals surface area contributed by atoms with Crippen LogP contribution in [0.5, 0.6) is 0 Å². The van der Waals surface area contributed by atoms with Gasteiger partial charge in [0.05, 0.1) is 5.56 Å². The zero-order valence-corrected chi connectivity index (χ0v) is 21.7. The number of amides is 2. The Labute approximate surface area is 221 Å². The first-order valence-electron chi connectivity index (χ1n) is 12.8. The number of nitrogens with two attached hydrogens (primary N) is 1. The maximum absolute atomic E-state index is 13.0. The first kappa shape index (κ1) is 28.8. The van der Waals surface area contributed by atoms with Gasteiger partial charge in [-0.1, -0.05) is 50.6 Å². The smallest absolute Gasteiger partial charge is 0.372 e. The molecule has 5 nitrogen and oxygen atoms in total. The summed E-state index contributed by atoms with van der Waals surface area (Å²) in [5, 5.41) is 2.87. The van der Waals surface area contributed by atoms with E-state index in [4.69, 9.17) is 5.73 Å². The molecule has 2 amide bonds. The second-order valence-corrected chi connectivity index (χ2v) is 9.43. The quantitative estimate of drug-likeness (QED) is 0.359. The average Bonchev–Trinajstić information content (AvgIpc) is 2.89. The van der Waals surface area contributed by atoms with Gasteiger partial charge in [-0.05, 0) is 72.4 Å². The third-order valence-corrected chi connectivity index (χ3v) is 6.29. The molecule has 0 bridgehead atoms. The summed E-state index contributed by atoms with van der Waals surface area (Å²) in [4.78, 5) is 26.4. The Kier molecular flexibility index (Phi) is 9.93. The van der Waals surface area contributed by atoms with Crippen molar-refractivity contribution in [3.63, 3.8) is 0 Å². The molecular weight excluding hydrogens is 491 g/mol. The van der Waals surface area contributed by atoms with Crippen LogP contribution >= 0.6 is 0 Å². The van der Waals surface area contributed by atoms with Crippen molar-refractivity contribution >= 4 is 23.2 Å². The summed E-state index contributed by atoms with van der Waals surface area (Å²) in [5.74, 6) is -0.281. The second-order valence-electron chi connectivity index (χ2n) is 9.43. The third kappa shape index (κ3) is 7.84. The number of hydrogen-bond donors (Lipinski definition) is 2. The predicted octanol–water partition coefficient (Wildman–Crippen LogP) is 7.13. The zero-order chi connectivity index (χ0) is 27.7. The highest BCUT2D eigenvalue weighted by molar-refractivity contribution is 6.08. The fourth-order valence-electron chi connectivity index (χ4n) is 4.41. The van der Waals surface area contributed by atoms with Gasteiger partial charge in [-0.3, -0.25) is 9.59 Å². The molecule has 202 valence electrons. The summed E-state index contributed by atoms with van der Waals surface area (Å²) in [7, 11) is 0. The first-order chi connectivity index (χ1) is 18.1. The molecule has 1 heterocycles. The highest BCUT2D eigenvalue weighted by Crippen LogP contribution is 2.32. The van der Waals surface area contributed by atoms with Crippen LogP contribution in [0, 0.1) is 5.92 Å². The van der Waals surface area contributed by atoms with Gasteiger partial charge in [0.15, 0.2) is 0 Å². The molecule has 1 aliphatic rings. The standard InChI is InChI=1S/C27H26F3N3O2.C3H8/c28-27(29,30)20-7-5-19(6-8-20)23-3-1-2-4-24(23)26(35)32-21-9-11-22(12-10-21)33-15-13-18(14-16-33)17-25(31)34;1-3-2/h1-12,18H,13-17H2,(H2,31,34)(H,32,35);3H2,1-2H3. The van der Waals surface area contributed by atoms with E-state index in [1.807, 2.05) is 24.3 Å². The molecular formula is C30H34F3N3O2. The molecule has 0 radical (unpaired) electrons. The lowest BCUT2D eigenvalue weighted by atomic mass is 9.93. The van der Waals surface area contributed by atoms with Crippen molar-refractivity contribution in [2.24, 2.45) is 11.7 Å². The Morgan fingerprint density at radius 3 is 2.05 bits per heavy atom. The summed E-state index contributed by atoms with van der Waals surface area (Å²) in [5.41, 5.74) is 7.66. The van der Waals surface area contributed by atoms with Crippen LogP contribution in [0.25, 0.3) is 11.1 Å². The molecule has 1 fully saturated rings. The van der Waals surface area contributed by atoms with Gasteiger partial charge < -0.3 is 16.0 Å². The summed E-state index contributed by atoms with van der Waals surface area (Å²) in [6.45, 7) is 5.92. The van der Waals surface area contributed by atoms with Crippen LogP contribution in [0.4, 0.5) is 24.5 Å². The van der Waals surface area contributed by atoms with Crippen LogP contribution in [0.1, 0.15) is 55.5 Å². The predicted molar refractivity (Wildman–Crippen MR) is 146 cm³/mol. The maximum Gasteiger partial charge on any atom is 0.416 e. The molecule has 38 heavy (non-hydrogen) atoms. The lowest BCUT2D eigenvalue weighted by molar-refractivity contribution is -0.137. The van der Waals surface area contributed by atoms with Gasteiger partial charge in [0.1, 0.15) is 0 Å². The number of nitrogens with one attached hydrogen (secondary N) is 1. The van der Waals surface area contributed by atoms with Crippen LogP contribution in [-0.4, -0.2) is 24.9 Å². The van der Waals surface area contributed by atoms with Crippen molar-refractivity contribution < 1.29 is 22.8 Å². The fourth-order valence-corrected chi connectivity index (χ4v) is 4.41. The van der Waals surface area contributed by atoms with Crippen molar-refractivity contribution in [3.8, 4) is 11.1 Å². The molecule has 3 aromatic carbocycles. The maximum atomic E-state index is 13.0. The summed E-state index contributed by atoms with van der Waals surface area (Å²) < 4.78 is 38.7. The SMILES string of the molecule is CCC.NC(=O)CC1CCN(c2ccc(NC(=O)c3ccccc3-c3ccc(C(F)(F)F)cc3)cc2)CC1. The van der Waals surface area contributed by atoms with Crippen LogP contribution in [0.15, 0.2) is 72.8 Å². The van der Waals surface area contributed by atoms with Crippen LogP contribution in [0.3, 0.4) is 0 Å². The minimum atomic E-state index is -4.42.